The molecule has 0 spiro atoms. The zero-order valence-corrected chi connectivity index (χ0v) is 8.69. The highest BCUT2D eigenvalue weighted by Gasteiger charge is 2.08. The van der Waals surface area contributed by atoms with Crippen molar-refractivity contribution >= 4 is 0 Å². The number of unbranched alkanes of at least 4 members (excludes halogenated alkanes) is 3. The van der Waals surface area contributed by atoms with Crippen molar-refractivity contribution in [1.29, 1.82) is 0 Å². The van der Waals surface area contributed by atoms with E-state index in [9.17, 15) is 5.11 Å². The summed E-state index contributed by atoms with van der Waals surface area (Å²) in [7, 11) is 0. The molecule has 0 bridgehead atoms. The van der Waals surface area contributed by atoms with Gasteiger partial charge in [0.05, 0.1) is 0 Å². The summed E-state index contributed by atoms with van der Waals surface area (Å²) in [6.07, 6.45) is 8.29. The van der Waals surface area contributed by atoms with Gasteiger partial charge in [0.2, 0.25) is 0 Å². The molecule has 0 aliphatic heterocycles. The first-order valence-electron chi connectivity index (χ1n) is 5.29. The molecular formula is C11H18N2O. The van der Waals surface area contributed by atoms with Crippen LogP contribution in [0.2, 0.25) is 0 Å². The molecule has 0 amide bonds. The fourth-order valence-electron chi connectivity index (χ4n) is 1.38. The van der Waals surface area contributed by atoms with Crippen molar-refractivity contribution in [1.82, 2.24) is 9.97 Å². The van der Waals surface area contributed by atoms with Crippen LogP contribution in [0.1, 0.15) is 51.0 Å². The number of aliphatic hydroxyl groups is 1. The van der Waals surface area contributed by atoms with E-state index in [1.807, 2.05) is 0 Å². The van der Waals surface area contributed by atoms with Crippen LogP contribution >= 0.6 is 0 Å². The molecule has 0 radical (unpaired) electrons. The van der Waals surface area contributed by atoms with E-state index in [0.717, 1.165) is 12.8 Å². The summed E-state index contributed by atoms with van der Waals surface area (Å²) >= 11 is 0. The molecule has 78 valence electrons. The molecule has 0 aliphatic rings. The monoisotopic (exact) mass is 194 g/mol. The van der Waals surface area contributed by atoms with E-state index in [4.69, 9.17) is 0 Å². The molecule has 1 aromatic rings. The molecule has 14 heavy (non-hydrogen) atoms. The van der Waals surface area contributed by atoms with Crippen LogP contribution in [0.15, 0.2) is 18.5 Å². The minimum atomic E-state index is -0.493. The van der Waals surface area contributed by atoms with Gasteiger partial charge in [-0.05, 0) is 12.5 Å². The van der Waals surface area contributed by atoms with Crippen LogP contribution < -0.4 is 0 Å². The number of rotatable bonds is 6. The van der Waals surface area contributed by atoms with Crippen molar-refractivity contribution in [3.05, 3.63) is 24.3 Å². The van der Waals surface area contributed by atoms with Crippen LogP contribution in [0.25, 0.3) is 0 Å². The lowest BCUT2D eigenvalue weighted by atomic mass is 10.1. The van der Waals surface area contributed by atoms with Gasteiger partial charge in [-0.15, -0.1) is 0 Å². The standard InChI is InChI=1S/C11H18N2O/c1-2-3-4-5-7-10(14)11-12-8-6-9-13-11/h6,8-10,14H,2-5,7H2,1H3. The van der Waals surface area contributed by atoms with Crippen molar-refractivity contribution in [2.75, 3.05) is 0 Å². The molecule has 1 unspecified atom stereocenters. The predicted octanol–water partition coefficient (Wildman–Crippen LogP) is 2.48. The van der Waals surface area contributed by atoms with Gasteiger partial charge in [0.15, 0.2) is 5.82 Å². The van der Waals surface area contributed by atoms with Gasteiger partial charge in [-0.1, -0.05) is 32.6 Å². The van der Waals surface area contributed by atoms with Gasteiger partial charge in [-0.3, -0.25) is 0 Å². The first-order valence-corrected chi connectivity index (χ1v) is 5.29. The van der Waals surface area contributed by atoms with E-state index >= 15 is 0 Å². The highest BCUT2D eigenvalue weighted by molar-refractivity contribution is 4.92. The van der Waals surface area contributed by atoms with E-state index in [1.165, 1.54) is 19.3 Å². The van der Waals surface area contributed by atoms with Gasteiger partial charge < -0.3 is 5.11 Å². The van der Waals surface area contributed by atoms with E-state index in [-0.39, 0.29) is 0 Å². The summed E-state index contributed by atoms with van der Waals surface area (Å²) in [6.45, 7) is 2.18. The highest BCUT2D eigenvalue weighted by Crippen LogP contribution is 2.15. The molecule has 0 saturated carbocycles. The lowest BCUT2D eigenvalue weighted by molar-refractivity contribution is 0.153. The predicted molar refractivity (Wildman–Crippen MR) is 55.8 cm³/mol. The van der Waals surface area contributed by atoms with E-state index in [0.29, 0.717) is 5.82 Å². The smallest absolute Gasteiger partial charge is 0.156 e. The van der Waals surface area contributed by atoms with E-state index < -0.39 is 6.10 Å². The Bertz CT molecular complexity index is 238. The molecule has 3 heteroatoms. The van der Waals surface area contributed by atoms with E-state index in [1.54, 1.807) is 18.5 Å². The molecule has 0 fully saturated rings. The molecule has 1 aromatic heterocycles. The maximum absolute atomic E-state index is 9.69. The number of aromatic nitrogens is 2. The number of hydrogen-bond donors (Lipinski definition) is 1. The van der Waals surface area contributed by atoms with Crippen LogP contribution in [0.5, 0.6) is 0 Å². The maximum Gasteiger partial charge on any atom is 0.156 e. The van der Waals surface area contributed by atoms with Gasteiger partial charge in [-0.2, -0.15) is 0 Å². The molecule has 0 saturated heterocycles. The van der Waals surface area contributed by atoms with Crippen molar-refractivity contribution in [2.45, 2.75) is 45.1 Å². The van der Waals surface area contributed by atoms with Gasteiger partial charge in [-0.25, -0.2) is 9.97 Å². The van der Waals surface area contributed by atoms with Crippen LogP contribution in [0.3, 0.4) is 0 Å². The molecule has 3 nitrogen and oxygen atoms in total. The highest BCUT2D eigenvalue weighted by atomic mass is 16.3. The Morgan fingerprint density at radius 1 is 1.21 bits per heavy atom. The van der Waals surface area contributed by atoms with Crippen molar-refractivity contribution in [3.8, 4) is 0 Å². The van der Waals surface area contributed by atoms with Crippen LogP contribution in [0, 0.1) is 0 Å². The van der Waals surface area contributed by atoms with Gasteiger partial charge in [0.1, 0.15) is 6.10 Å². The molecule has 0 aliphatic carbocycles. The molecule has 1 rings (SSSR count). The Labute approximate surface area is 85.2 Å². The molecule has 0 aromatic carbocycles. The lowest BCUT2D eigenvalue weighted by Crippen LogP contribution is -2.02. The largest absolute Gasteiger partial charge is 0.385 e. The van der Waals surface area contributed by atoms with Crippen LogP contribution in [0.4, 0.5) is 0 Å². The fraction of sp³-hybridized carbons (Fsp3) is 0.636. The second-order valence-electron chi connectivity index (χ2n) is 3.47. The Morgan fingerprint density at radius 3 is 2.57 bits per heavy atom. The third-order valence-corrected chi connectivity index (χ3v) is 2.21. The van der Waals surface area contributed by atoms with Crippen LogP contribution in [-0.2, 0) is 0 Å². The topological polar surface area (TPSA) is 46.0 Å². The van der Waals surface area contributed by atoms with Crippen LogP contribution in [-0.4, -0.2) is 15.1 Å². The summed E-state index contributed by atoms with van der Waals surface area (Å²) in [5, 5.41) is 9.69. The van der Waals surface area contributed by atoms with Gasteiger partial charge in [0, 0.05) is 12.4 Å². The minimum absolute atomic E-state index is 0.493. The minimum Gasteiger partial charge on any atom is -0.385 e. The molecule has 1 N–H and O–H groups in total. The van der Waals surface area contributed by atoms with Crippen molar-refractivity contribution < 1.29 is 5.11 Å². The Balaban J connectivity index is 2.25. The third kappa shape index (κ3) is 3.83. The fourth-order valence-corrected chi connectivity index (χ4v) is 1.38. The third-order valence-electron chi connectivity index (χ3n) is 2.21. The van der Waals surface area contributed by atoms with Gasteiger partial charge in [0.25, 0.3) is 0 Å². The first-order chi connectivity index (χ1) is 6.84. The Hall–Kier alpha value is -0.960. The normalized spacial score (nSPS) is 12.7. The van der Waals surface area contributed by atoms with Crippen molar-refractivity contribution in [3.63, 3.8) is 0 Å². The summed E-state index contributed by atoms with van der Waals surface area (Å²) < 4.78 is 0. The lowest BCUT2D eigenvalue weighted by Gasteiger charge is -2.07. The average molecular weight is 194 g/mol. The van der Waals surface area contributed by atoms with Crippen molar-refractivity contribution in [2.24, 2.45) is 0 Å². The van der Waals surface area contributed by atoms with E-state index in [2.05, 4.69) is 16.9 Å². The molecule has 1 atom stereocenters. The SMILES string of the molecule is CCCCCCC(O)c1ncccn1. The Kier molecular flexibility index (Phi) is 5.15. The number of aliphatic hydroxyl groups excluding tert-OH is 1. The summed E-state index contributed by atoms with van der Waals surface area (Å²) in [5.74, 6) is 0.545. The average Bonchev–Trinajstić information content (AvgIpc) is 2.25. The first kappa shape index (κ1) is 11.1. The number of hydrogen-bond acceptors (Lipinski definition) is 3. The second-order valence-corrected chi connectivity index (χ2v) is 3.47. The summed E-state index contributed by atoms with van der Waals surface area (Å²) in [4.78, 5) is 8.03. The molecule has 1 heterocycles. The summed E-state index contributed by atoms with van der Waals surface area (Å²) in [6, 6.07) is 1.76. The second kappa shape index (κ2) is 6.49. The maximum atomic E-state index is 9.69. The molecular weight excluding hydrogens is 176 g/mol. The quantitative estimate of drug-likeness (QED) is 0.708. The summed E-state index contributed by atoms with van der Waals surface area (Å²) in [5.41, 5.74) is 0. The number of nitrogens with zero attached hydrogens (tertiary/aromatic N) is 2. The zero-order chi connectivity index (χ0) is 10.2. The Morgan fingerprint density at radius 2 is 1.93 bits per heavy atom. The zero-order valence-electron chi connectivity index (χ0n) is 8.69. The van der Waals surface area contributed by atoms with Gasteiger partial charge >= 0.3 is 0 Å².